The molecule has 0 amide bonds. The Morgan fingerprint density at radius 3 is 2.43 bits per heavy atom. The van der Waals surface area contributed by atoms with E-state index in [4.69, 9.17) is 4.74 Å². The predicted molar refractivity (Wildman–Crippen MR) is 58.2 cm³/mol. The molecule has 1 N–H and O–H groups in total. The second-order valence-electron chi connectivity index (χ2n) is 3.75. The van der Waals surface area contributed by atoms with Gasteiger partial charge in [-0.3, -0.25) is 0 Å². The topological polar surface area (TPSA) is 55.4 Å². The van der Waals surface area contributed by atoms with Crippen LogP contribution in [0, 0.1) is 5.92 Å². The molecule has 0 aliphatic heterocycles. The molecule has 0 spiro atoms. The summed E-state index contributed by atoms with van der Waals surface area (Å²) in [7, 11) is -1.25. The third-order valence-electron chi connectivity index (χ3n) is 1.66. The molecule has 14 heavy (non-hydrogen) atoms. The summed E-state index contributed by atoms with van der Waals surface area (Å²) in [6, 6.07) is 0. The standard InChI is InChI=1S/C9H21NO3S/c1-9(2)8-14(11,12)7-5-10-4-6-13-3/h9-10H,4-8H2,1-3H3. The lowest BCUT2D eigenvalue weighted by Gasteiger charge is -2.07. The second kappa shape index (κ2) is 7.20. The van der Waals surface area contributed by atoms with Gasteiger partial charge in [-0.25, -0.2) is 8.42 Å². The summed E-state index contributed by atoms with van der Waals surface area (Å²) in [5, 5.41) is 3.01. The van der Waals surface area contributed by atoms with Crippen molar-refractivity contribution >= 4 is 9.84 Å². The van der Waals surface area contributed by atoms with E-state index in [0.717, 1.165) is 0 Å². The third-order valence-corrected chi connectivity index (χ3v) is 3.66. The van der Waals surface area contributed by atoms with Gasteiger partial charge in [0.15, 0.2) is 9.84 Å². The maximum Gasteiger partial charge on any atom is 0.151 e. The number of ether oxygens (including phenoxy) is 1. The fourth-order valence-electron chi connectivity index (χ4n) is 1.12. The van der Waals surface area contributed by atoms with Crippen LogP contribution >= 0.6 is 0 Å². The van der Waals surface area contributed by atoms with Gasteiger partial charge >= 0.3 is 0 Å². The van der Waals surface area contributed by atoms with E-state index in [1.165, 1.54) is 0 Å². The van der Waals surface area contributed by atoms with Crippen LogP contribution in [0.1, 0.15) is 13.8 Å². The number of methoxy groups -OCH3 is 1. The van der Waals surface area contributed by atoms with Crippen molar-refractivity contribution < 1.29 is 13.2 Å². The van der Waals surface area contributed by atoms with Crippen LogP contribution in [-0.4, -0.2) is 46.7 Å². The molecule has 0 aromatic carbocycles. The van der Waals surface area contributed by atoms with Gasteiger partial charge in [-0.2, -0.15) is 0 Å². The number of rotatable bonds is 8. The Kier molecular flexibility index (Phi) is 7.13. The quantitative estimate of drug-likeness (QED) is 0.601. The minimum Gasteiger partial charge on any atom is -0.383 e. The van der Waals surface area contributed by atoms with Gasteiger partial charge in [0, 0.05) is 20.2 Å². The van der Waals surface area contributed by atoms with Crippen LogP contribution in [0.4, 0.5) is 0 Å². The summed E-state index contributed by atoms with van der Waals surface area (Å²) in [5.74, 6) is 0.701. The molecule has 0 aliphatic carbocycles. The van der Waals surface area contributed by atoms with Crippen molar-refractivity contribution in [3.05, 3.63) is 0 Å². The van der Waals surface area contributed by atoms with Crippen molar-refractivity contribution in [3.63, 3.8) is 0 Å². The first-order valence-corrected chi connectivity index (χ1v) is 6.70. The molecule has 0 unspecified atom stereocenters. The van der Waals surface area contributed by atoms with Crippen LogP contribution in [0.15, 0.2) is 0 Å². The molecule has 0 aromatic rings. The van der Waals surface area contributed by atoms with E-state index < -0.39 is 9.84 Å². The average Bonchev–Trinajstić information content (AvgIpc) is 2.01. The number of nitrogens with one attached hydrogen (secondary N) is 1. The van der Waals surface area contributed by atoms with Gasteiger partial charge < -0.3 is 10.1 Å². The highest BCUT2D eigenvalue weighted by molar-refractivity contribution is 7.91. The van der Waals surface area contributed by atoms with E-state index in [2.05, 4.69) is 5.32 Å². The van der Waals surface area contributed by atoms with Crippen molar-refractivity contribution in [1.29, 1.82) is 0 Å². The molecule has 0 fully saturated rings. The van der Waals surface area contributed by atoms with Crippen molar-refractivity contribution in [2.75, 3.05) is 38.3 Å². The molecule has 0 radical (unpaired) electrons. The largest absolute Gasteiger partial charge is 0.383 e. The molecule has 0 bridgehead atoms. The Labute approximate surface area is 86.9 Å². The lowest BCUT2D eigenvalue weighted by atomic mass is 10.3. The summed E-state index contributed by atoms with van der Waals surface area (Å²) in [5.41, 5.74) is 0. The van der Waals surface area contributed by atoms with Gasteiger partial charge in [-0.05, 0) is 5.92 Å². The van der Waals surface area contributed by atoms with Crippen molar-refractivity contribution in [2.24, 2.45) is 5.92 Å². The molecule has 0 saturated carbocycles. The van der Waals surface area contributed by atoms with E-state index in [1.54, 1.807) is 7.11 Å². The first-order chi connectivity index (χ1) is 6.48. The molecule has 5 heteroatoms. The van der Waals surface area contributed by atoms with Crippen LogP contribution in [0.2, 0.25) is 0 Å². The van der Waals surface area contributed by atoms with Crippen molar-refractivity contribution in [2.45, 2.75) is 13.8 Å². The van der Waals surface area contributed by atoms with Gasteiger partial charge in [0.1, 0.15) is 0 Å². The normalized spacial score (nSPS) is 12.3. The highest BCUT2D eigenvalue weighted by Gasteiger charge is 2.11. The van der Waals surface area contributed by atoms with Crippen LogP contribution in [0.3, 0.4) is 0 Å². The molecule has 0 saturated heterocycles. The molecule has 0 atom stereocenters. The lowest BCUT2D eigenvalue weighted by Crippen LogP contribution is -2.28. The van der Waals surface area contributed by atoms with E-state index >= 15 is 0 Å². The molecular weight excluding hydrogens is 202 g/mol. The minimum absolute atomic E-state index is 0.207. The van der Waals surface area contributed by atoms with E-state index in [1.807, 2.05) is 13.8 Å². The molecular formula is C9H21NO3S. The molecule has 0 aromatic heterocycles. The van der Waals surface area contributed by atoms with E-state index in [-0.39, 0.29) is 17.4 Å². The first kappa shape index (κ1) is 13.9. The average molecular weight is 223 g/mol. The summed E-state index contributed by atoms with van der Waals surface area (Å²) >= 11 is 0. The smallest absolute Gasteiger partial charge is 0.151 e. The van der Waals surface area contributed by atoms with Gasteiger partial charge in [-0.15, -0.1) is 0 Å². The molecule has 0 heterocycles. The summed E-state index contributed by atoms with van der Waals surface area (Å²) < 4.78 is 27.6. The Morgan fingerprint density at radius 2 is 1.93 bits per heavy atom. The third kappa shape index (κ3) is 8.47. The maximum absolute atomic E-state index is 11.4. The molecule has 4 nitrogen and oxygen atoms in total. The SMILES string of the molecule is COCCNCCS(=O)(=O)CC(C)C. The highest BCUT2D eigenvalue weighted by Crippen LogP contribution is 1.99. The van der Waals surface area contributed by atoms with Crippen LogP contribution < -0.4 is 5.32 Å². The Bertz CT molecular complexity index is 224. The summed E-state index contributed by atoms with van der Waals surface area (Å²) in [6.45, 7) is 5.65. The van der Waals surface area contributed by atoms with E-state index in [0.29, 0.717) is 19.7 Å². The van der Waals surface area contributed by atoms with E-state index in [9.17, 15) is 8.42 Å². The molecule has 86 valence electrons. The van der Waals surface area contributed by atoms with Gasteiger partial charge in [0.2, 0.25) is 0 Å². The van der Waals surface area contributed by atoms with Crippen LogP contribution in [0.5, 0.6) is 0 Å². The lowest BCUT2D eigenvalue weighted by molar-refractivity contribution is 0.200. The van der Waals surface area contributed by atoms with Crippen LogP contribution in [-0.2, 0) is 14.6 Å². The second-order valence-corrected chi connectivity index (χ2v) is 5.98. The van der Waals surface area contributed by atoms with Crippen molar-refractivity contribution in [1.82, 2.24) is 5.32 Å². The maximum atomic E-state index is 11.4. The Morgan fingerprint density at radius 1 is 1.29 bits per heavy atom. The molecule has 0 rings (SSSR count). The monoisotopic (exact) mass is 223 g/mol. The highest BCUT2D eigenvalue weighted by atomic mass is 32.2. The molecule has 0 aliphatic rings. The Balaban J connectivity index is 3.56. The number of hydrogen-bond acceptors (Lipinski definition) is 4. The predicted octanol–water partition coefficient (Wildman–Crippen LogP) is 0.293. The number of sulfone groups is 1. The summed E-state index contributed by atoms with van der Waals surface area (Å²) in [4.78, 5) is 0. The zero-order chi connectivity index (χ0) is 11.0. The van der Waals surface area contributed by atoms with Crippen LogP contribution in [0.25, 0.3) is 0 Å². The summed E-state index contributed by atoms with van der Waals surface area (Å²) in [6.07, 6.45) is 0. The zero-order valence-electron chi connectivity index (χ0n) is 9.25. The van der Waals surface area contributed by atoms with Gasteiger partial charge in [-0.1, -0.05) is 13.8 Å². The fraction of sp³-hybridized carbons (Fsp3) is 1.00. The fourth-order valence-corrected chi connectivity index (χ4v) is 2.76. The first-order valence-electron chi connectivity index (χ1n) is 4.88. The Hall–Kier alpha value is -0.130. The number of hydrogen-bond donors (Lipinski definition) is 1. The van der Waals surface area contributed by atoms with Crippen molar-refractivity contribution in [3.8, 4) is 0 Å². The zero-order valence-corrected chi connectivity index (χ0v) is 10.1. The minimum atomic E-state index is -2.87. The van der Waals surface area contributed by atoms with Gasteiger partial charge in [0.05, 0.1) is 18.1 Å². The van der Waals surface area contributed by atoms with Gasteiger partial charge in [0.25, 0.3) is 0 Å².